The molecule has 3 heteroatoms. The zero-order valence-corrected chi connectivity index (χ0v) is 12.9. The standard InChI is InChI=1S/C16H29N3/c1-5-7-15-18-10-11-19(15)14-12-16(3,4)9-8-13(14)17-6-2/h10-11,13-14,17H,5-9,12H2,1-4H3. The Bertz CT molecular complexity index is 394. The van der Waals surface area contributed by atoms with E-state index in [2.05, 4.69) is 48.8 Å². The van der Waals surface area contributed by atoms with Gasteiger partial charge in [-0.2, -0.15) is 0 Å². The lowest BCUT2D eigenvalue weighted by Crippen LogP contribution is -2.44. The fourth-order valence-corrected chi connectivity index (χ4v) is 3.40. The third-order valence-electron chi connectivity index (χ3n) is 4.40. The molecule has 108 valence electrons. The fourth-order valence-electron chi connectivity index (χ4n) is 3.40. The Balaban J connectivity index is 2.23. The maximum atomic E-state index is 4.56. The number of likely N-dealkylation sites (N-methyl/N-ethyl adjacent to an activating group) is 1. The largest absolute Gasteiger partial charge is 0.330 e. The topological polar surface area (TPSA) is 29.9 Å². The Labute approximate surface area is 117 Å². The summed E-state index contributed by atoms with van der Waals surface area (Å²) < 4.78 is 2.44. The van der Waals surface area contributed by atoms with E-state index in [1.54, 1.807) is 0 Å². The molecule has 1 aromatic heterocycles. The molecular formula is C16H29N3. The fraction of sp³-hybridized carbons (Fsp3) is 0.812. The Hall–Kier alpha value is -0.830. The third-order valence-corrected chi connectivity index (χ3v) is 4.40. The first kappa shape index (κ1) is 14.6. The Morgan fingerprint density at radius 1 is 1.42 bits per heavy atom. The van der Waals surface area contributed by atoms with Crippen molar-refractivity contribution in [3.8, 4) is 0 Å². The van der Waals surface area contributed by atoms with Gasteiger partial charge in [0.05, 0.1) is 6.04 Å². The summed E-state index contributed by atoms with van der Waals surface area (Å²) in [5, 5.41) is 3.68. The molecule has 3 nitrogen and oxygen atoms in total. The van der Waals surface area contributed by atoms with Crippen molar-refractivity contribution in [1.82, 2.24) is 14.9 Å². The van der Waals surface area contributed by atoms with Crippen LogP contribution in [-0.4, -0.2) is 22.1 Å². The second-order valence-corrected chi connectivity index (χ2v) is 6.64. The summed E-state index contributed by atoms with van der Waals surface area (Å²) in [6, 6.07) is 1.16. The molecule has 0 saturated heterocycles. The van der Waals surface area contributed by atoms with E-state index in [0.29, 0.717) is 17.5 Å². The van der Waals surface area contributed by atoms with Gasteiger partial charge in [-0.15, -0.1) is 0 Å². The van der Waals surface area contributed by atoms with E-state index in [-0.39, 0.29) is 0 Å². The summed E-state index contributed by atoms with van der Waals surface area (Å²) in [6.07, 6.45) is 10.2. The van der Waals surface area contributed by atoms with Crippen LogP contribution in [0.4, 0.5) is 0 Å². The molecule has 0 amide bonds. The van der Waals surface area contributed by atoms with Crippen molar-refractivity contribution in [2.75, 3.05) is 6.54 Å². The maximum absolute atomic E-state index is 4.56. The maximum Gasteiger partial charge on any atom is 0.108 e. The third kappa shape index (κ3) is 3.38. The lowest BCUT2D eigenvalue weighted by molar-refractivity contribution is 0.141. The molecule has 1 aromatic rings. The predicted molar refractivity (Wildman–Crippen MR) is 80.4 cm³/mol. The van der Waals surface area contributed by atoms with Crippen LogP contribution >= 0.6 is 0 Å². The smallest absolute Gasteiger partial charge is 0.108 e. The van der Waals surface area contributed by atoms with E-state index < -0.39 is 0 Å². The normalized spacial score (nSPS) is 26.5. The van der Waals surface area contributed by atoms with Crippen LogP contribution in [0.25, 0.3) is 0 Å². The van der Waals surface area contributed by atoms with Crippen LogP contribution in [0.1, 0.15) is 65.2 Å². The molecular weight excluding hydrogens is 234 g/mol. The van der Waals surface area contributed by atoms with Gasteiger partial charge < -0.3 is 9.88 Å². The summed E-state index contributed by atoms with van der Waals surface area (Å²) in [7, 11) is 0. The van der Waals surface area contributed by atoms with Gasteiger partial charge in [-0.3, -0.25) is 0 Å². The van der Waals surface area contributed by atoms with Crippen LogP contribution < -0.4 is 5.32 Å². The van der Waals surface area contributed by atoms with Crippen LogP contribution in [0.3, 0.4) is 0 Å². The number of rotatable bonds is 5. The summed E-state index contributed by atoms with van der Waals surface area (Å²) >= 11 is 0. The van der Waals surface area contributed by atoms with E-state index in [0.717, 1.165) is 13.0 Å². The van der Waals surface area contributed by atoms with Gasteiger partial charge in [-0.05, 0) is 37.6 Å². The van der Waals surface area contributed by atoms with E-state index in [4.69, 9.17) is 0 Å². The van der Waals surface area contributed by atoms with Crippen molar-refractivity contribution in [3.05, 3.63) is 18.2 Å². The quantitative estimate of drug-likeness (QED) is 0.880. The summed E-state index contributed by atoms with van der Waals surface area (Å²) in [4.78, 5) is 4.56. The minimum absolute atomic E-state index is 0.449. The Kier molecular flexibility index (Phi) is 4.67. The predicted octanol–water partition coefficient (Wildman–Crippen LogP) is 3.56. The second kappa shape index (κ2) is 6.08. The molecule has 0 spiro atoms. The van der Waals surface area contributed by atoms with Gasteiger partial charge >= 0.3 is 0 Å². The Morgan fingerprint density at radius 2 is 2.21 bits per heavy atom. The number of nitrogens with one attached hydrogen (secondary N) is 1. The van der Waals surface area contributed by atoms with Gasteiger partial charge in [0.2, 0.25) is 0 Å². The van der Waals surface area contributed by atoms with Crippen molar-refractivity contribution >= 4 is 0 Å². The summed E-state index contributed by atoms with van der Waals surface area (Å²) in [6.45, 7) is 10.3. The van der Waals surface area contributed by atoms with Gasteiger partial charge in [-0.25, -0.2) is 4.98 Å². The van der Waals surface area contributed by atoms with Crippen molar-refractivity contribution in [2.45, 2.75) is 71.9 Å². The molecule has 2 atom stereocenters. The highest BCUT2D eigenvalue weighted by Gasteiger charge is 2.35. The lowest BCUT2D eigenvalue weighted by atomic mass is 9.72. The number of aromatic nitrogens is 2. The van der Waals surface area contributed by atoms with Gasteiger partial charge in [-0.1, -0.05) is 27.7 Å². The van der Waals surface area contributed by atoms with Crippen molar-refractivity contribution in [3.63, 3.8) is 0 Å². The SMILES string of the molecule is CCCc1nccn1C1CC(C)(C)CCC1NCC. The van der Waals surface area contributed by atoms with E-state index in [1.807, 2.05) is 6.20 Å². The second-order valence-electron chi connectivity index (χ2n) is 6.64. The van der Waals surface area contributed by atoms with Gasteiger partial charge in [0.15, 0.2) is 0 Å². The average molecular weight is 263 g/mol. The van der Waals surface area contributed by atoms with Crippen LogP contribution in [-0.2, 0) is 6.42 Å². The first-order valence-corrected chi connectivity index (χ1v) is 7.82. The highest BCUT2D eigenvalue weighted by Crippen LogP contribution is 2.41. The number of hydrogen-bond donors (Lipinski definition) is 1. The molecule has 1 fully saturated rings. The Morgan fingerprint density at radius 3 is 2.89 bits per heavy atom. The molecule has 1 aliphatic rings. The van der Waals surface area contributed by atoms with Crippen LogP contribution in [0.2, 0.25) is 0 Å². The molecule has 1 aliphatic carbocycles. The zero-order valence-electron chi connectivity index (χ0n) is 12.9. The molecule has 0 aliphatic heterocycles. The van der Waals surface area contributed by atoms with Crippen molar-refractivity contribution in [2.24, 2.45) is 5.41 Å². The van der Waals surface area contributed by atoms with Crippen molar-refractivity contribution < 1.29 is 0 Å². The zero-order chi connectivity index (χ0) is 13.9. The van der Waals surface area contributed by atoms with Gasteiger partial charge in [0, 0.05) is 24.9 Å². The molecule has 2 rings (SSSR count). The molecule has 0 aromatic carbocycles. The molecule has 1 saturated carbocycles. The van der Waals surface area contributed by atoms with Crippen LogP contribution in [0, 0.1) is 5.41 Å². The van der Waals surface area contributed by atoms with Crippen LogP contribution in [0.5, 0.6) is 0 Å². The van der Waals surface area contributed by atoms with E-state index in [1.165, 1.54) is 31.5 Å². The first-order valence-electron chi connectivity index (χ1n) is 7.82. The number of nitrogens with zero attached hydrogens (tertiary/aromatic N) is 2. The molecule has 1 heterocycles. The number of hydrogen-bond acceptors (Lipinski definition) is 2. The number of imidazole rings is 1. The summed E-state index contributed by atoms with van der Waals surface area (Å²) in [5.41, 5.74) is 0.449. The molecule has 0 bridgehead atoms. The molecule has 1 N–H and O–H groups in total. The van der Waals surface area contributed by atoms with Crippen LogP contribution in [0.15, 0.2) is 12.4 Å². The highest BCUT2D eigenvalue weighted by atomic mass is 15.1. The highest BCUT2D eigenvalue weighted by molar-refractivity contribution is 5.01. The molecule has 2 unspecified atom stereocenters. The average Bonchev–Trinajstić information content (AvgIpc) is 2.80. The number of aryl methyl sites for hydroxylation is 1. The minimum atomic E-state index is 0.449. The minimum Gasteiger partial charge on any atom is -0.330 e. The lowest BCUT2D eigenvalue weighted by Gasteiger charge is -2.42. The summed E-state index contributed by atoms with van der Waals surface area (Å²) in [5.74, 6) is 1.26. The van der Waals surface area contributed by atoms with Crippen molar-refractivity contribution in [1.29, 1.82) is 0 Å². The van der Waals surface area contributed by atoms with Gasteiger partial charge in [0.25, 0.3) is 0 Å². The van der Waals surface area contributed by atoms with Gasteiger partial charge in [0.1, 0.15) is 5.82 Å². The first-order chi connectivity index (χ1) is 9.07. The molecule has 0 radical (unpaired) electrons. The van der Waals surface area contributed by atoms with E-state index in [9.17, 15) is 0 Å². The van der Waals surface area contributed by atoms with E-state index >= 15 is 0 Å². The monoisotopic (exact) mass is 263 g/mol. The molecule has 19 heavy (non-hydrogen) atoms.